The van der Waals surface area contributed by atoms with E-state index in [0.29, 0.717) is 0 Å². The molecule has 0 bridgehead atoms. The van der Waals surface area contributed by atoms with Crippen molar-refractivity contribution in [1.29, 1.82) is 0 Å². The predicted molar refractivity (Wildman–Crippen MR) is 71.7 cm³/mol. The van der Waals surface area contributed by atoms with Gasteiger partial charge in [0.2, 0.25) is 0 Å². The molecule has 1 aliphatic heterocycles. The predicted octanol–water partition coefficient (Wildman–Crippen LogP) is 2.27. The van der Waals surface area contributed by atoms with Crippen LogP contribution in [-0.4, -0.2) is 41.2 Å². The lowest BCUT2D eigenvalue weighted by Crippen LogP contribution is -2.50. The van der Waals surface area contributed by atoms with Crippen LogP contribution in [0.5, 0.6) is 0 Å². The molecule has 1 N–H and O–H groups in total. The molecule has 100 valence electrons. The van der Waals surface area contributed by atoms with Crippen LogP contribution in [0, 0.1) is 5.92 Å². The summed E-state index contributed by atoms with van der Waals surface area (Å²) in [5.74, 6) is 2.00. The Bertz CT molecular complexity index is 222. The Morgan fingerprint density at radius 3 is 2.12 bits per heavy atom. The smallest absolute Gasteiger partial charge is 0.116 e. The molecule has 0 aromatic heterocycles. The molecule has 1 saturated carbocycles. The van der Waals surface area contributed by atoms with E-state index in [2.05, 4.69) is 18.4 Å². The first-order valence-electron chi connectivity index (χ1n) is 6.68. The van der Waals surface area contributed by atoms with Crippen molar-refractivity contribution in [2.45, 2.75) is 52.1 Å². The SMILES string of the molecule is C=C=O.CC.CC1CC(O)(CN2CCCC2)C1. The third-order valence-electron chi connectivity index (χ3n) is 3.17. The van der Waals surface area contributed by atoms with Crippen LogP contribution in [0.25, 0.3) is 0 Å². The van der Waals surface area contributed by atoms with Gasteiger partial charge in [0.1, 0.15) is 5.94 Å². The molecular weight excluding hydrogens is 214 g/mol. The van der Waals surface area contributed by atoms with Crippen molar-refractivity contribution in [1.82, 2.24) is 4.90 Å². The summed E-state index contributed by atoms with van der Waals surface area (Å²) in [5.41, 5.74) is -0.316. The van der Waals surface area contributed by atoms with Crippen molar-refractivity contribution in [2.75, 3.05) is 19.6 Å². The monoisotopic (exact) mass is 241 g/mol. The molecule has 3 nitrogen and oxygen atoms in total. The van der Waals surface area contributed by atoms with Crippen LogP contribution in [0.4, 0.5) is 0 Å². The molecule has 2 aliphatic rings. The topological polar surface area (TPSA) is 40.5 Å². The summed E-state index contributed by atoms with van der Waals surface area (Å²) in [6.07, 6.45) is 4.68. The minimum atomic E-state index is -0.316. The van der Waals surface area contributed by atoms with Gasteiger partial charge in [-0.15, -0.1) is 0 Å². The van der Waals surface area contributed by atoms with E-state index in [-0.39, 0.29) is 5.60 Å². The minimum absolute atomic E-state index is 0.316. The van der Waals surface area contributed by atoms with E-state index >= 15 is 0 Å². The van der Waals surface area contributed by atoms with Crippen LogP contribution in [0.1, 0.15) is 46.5 Å². The lowest BCUT2D eigenvalue weighted by molar-refractivity contribution is -0.0851. The van der Waals surface area contributed by atoms with Gasteiger partial charge in [0, 0.05) is 6.54 Å². The van der Waals surface area contributed by atoms with E-state index < -0.39 is 0 Å². The number of carbonyl (C=O) groups excluding carboxylic acids is 1. The molecule has 2 rings (SSSR count). The van der Waals surface area contributed by atoms with Gasteiger partial charge in [-0.05, 0) is 51.3 Å². The standard InChI is InChI=1S/C10H19NO.C2H2O.C2H6/c1-9-6-10(12,7-9)8-11-4-2-3-5-11;1-2-3;1-2/h9,12H,2-8H2,1H3;1H2;1-2H3. The zero-order valence-corrected chi connectivity index (χ0v) is 11.5. The number of β-amino-alcohol motifs (C(OH)–C–C–N with tert-alkyl or cyclic N) is 1. The van der Waals surface area contributed by atoms with Gasteiger partial charge in [-0.1, -0.05) is 20.8 Å². The first kappa shape index (κ1) is 16.4. The minimum Gasteiger partial charge on any atom is -0.389 e. The first-order valence-corrected chi connectivity index (χ1v) is 6.68. The highest BCUT2D eigenvalue weighted by Gasteiger charge is 2.41. The number of hydrogen-bond acceptors (Lipinski definition) is 3. The fourth-order valence-corrected chi connectivity index (χ4v) is 2.72. The number of likely N-dealkylation sites (tertiary alicyclic amines) is 1. The fourth-order valence-electron chi connectivity index (χ4n) is 2.72. The Balaban J connectivity index is 0.000000450. The maximum atomic E-state index is 10.00. The lowest BCUT2D eigenvalue weighted by Gasteiger charge is -2.44. The maximum absolute atomic E-state index is 10.00. The Morgan fingerprint density at radius 2 is 1.76 bits per heavy atom. The van der Waals surface area contributed by atoms with Crippen LogP contribution in [0.2, 0.25) is 0 Å². The molecular formula is C14H27NO2. The largest absolute Gasteiger partial charge is 0.389 e. The average molecular weight is 241 g/mol. The Kier molecular flexibility index (Phi) is 8.15. The Morgan fingerprint density at radius 1 is 1.35 bits per heavy atom. The molecule has 1 heterocycles. The Hall–Kier alpha value is -0.630. The third-order valence-corrected chi connectivity index (χ3v) is 3.17. The number of aliphatic hydroxyl groups is 1. The second-order valence-electron chi connectivity index (χ2n) is 4.87. The zero-order valence-electron chi connectivity index (χ0n) is 11.5. The highest BCUT2D eigenvalue weighted by atomic mass is 16.3. The van der Waals surface area contributed by atoms with Crippen LogP contribution < -0.4 is 0 Å². The summed E-state index contributed by atoms with van der Waals surface area (Å²) in [7, 11) is 0. The third kappa shape index (κ3) is 6.02. The van der Waals surface area contributed by atoms with Crippen molar-refractivity contribution in [3.63, 3.8) is 0 Å². The summed E-state index contributed by atoms with van der Waals surface area (Å²) < 4.78 is 0. The van der Waals surface area contributed by atoms with E-state index in [0.717, 1.165) is 25.3 Å². The van der Waals surface area contributed by atoms with E-state index in [1.807, 2.05) is 13.8 Å². The van der Waals surface area contributed by atoms with Crippen LogP contribution in [-0.2, 0) is 4.79 Å². The van der Waals surface area contributed by atoms with Crippen LogP contribution >= 0.6 is 0 Å². The van der Waals surface area contributed by atoms with E-state index in [1.165, 1.54) is 31.9 Å². The Labute approximate surface area is 106 Å². The van der Waals surface area contributed by atoms with E-state index in [1.54, 1.807) is 0 Å². The quantitative estimate of drug-likeness (QED) is 0.754. The molecule has 2 fully saturated rings. The van der Waals surface area contributed by atoms with E-state index in [4.69, 9.17) is 4.79 Å². The molecule has 0 radical (unpaired) electrons. The van der Waals surface area contributed by atoms with Gasteiger partial charge in [-0.25, -0.2) is 4.79 Å². The summed E-state index contributed by atoms with van der Waals surface area (Å²) in [6, 6.07) is 0. The second kappa shape index (κ2) is 8.46. The van der Waals surface area contributed by atoms with Gasteiger partial charge in [0.25, 0.3) is 0 Å². The van der Waals surface area contributed by atoms with Gasteiger partial charge in [-0.2, -0.15) is 0 Å². The van der Waals surface area contributed by atoms with Gasteiger partial charge >= 0.3 is 0 Å². The highest BCUT2D eigenvalue weighted by molar-refractivity contribution is 5.38. The van der Waals surface area contributed by atoms with Crippen molar-refractivity contribution in [2.24, 2.45) is 5.92 Å². The molecule has 0 amide bonds. The number of nitrogens with zero attached hydrogens (tertiary/aromatic N) is 1. The van der Waals surface area contributed by atoms with Gasteiger partial charge in [0.15, 0.2) is 0 Å². The molecule has 17 heavy (non-hydrogen) atoms. The van der Waals surface area contributed by atoms with Crippen molar-refractivity contribution in [3.8, 4) is 0 Å². The molecule has 0 aromatic rings. The summed E-state index contributed by atoms with van der Waals surface area (Å²) in [5, 5.41) is 10.00. The van der Waals surface area contributed by atoms with Crippen LogP contribution in [0.3, 0.4) is 0 Å². The normalized spacial score (nSPS) is 31.2. The molecule has 3 heteroatoms. The second-order valence-corrected chi connectivity index (χ2v) is 4.87. The molecule has 1 aliphatic carbocycles. The molecule has 0 aromatic carbocycles. The lowest BCUT2D eigenvalue weighted by atomic mass is 9.72. The highest BCUT2D eigenvalue weighted by Crippen LogP contribution is 2.38. The fraction of sp³-hybridized carbons (Fsp3) is 0.857. The van der Waals surface area contributed by atoms with Crippen molar-refractivity contribution >= 4 is 5.94 Å². The molecule has 1 saturated heterocycles. The van der Waals surface area contributed by atoms with Gasteiger partial charge < -0.3 is 10.0 Å². The average Bonchev–Trinajstić information content (AvgIpc) is 2.72. The molecule has 0 atom stereocenters. The summed E-state index contributed by atoms with van der Waals surface area (Å²) >= 11 is 0. The summed E-state index contributed by atoms with van der Waals surface area (Å²) in [6.45, 7) is 12.2. The molecule has 0 unspecified atom stereocenters. The number of hydrogen-bond donors (Lipinski definition) is 1. The van der Waals surface area contributed by atoms with Crippen molar-refractivity contribution < 1.29 is 9.90 Å². The van der Waals surface area contributed by atoms with Crippen molar-refractivity contribution in [3.05, 3.63) is 6.58 Å². The van der Waals surface area contributed by atoms with Crippen LogP contribution in [0.15, 0.2) is 6.58 Å². The van der Waals surface area contributed by atoms with E-state index in [9.17, 15) is 5.11 Å². The summed E-state index contributed by atoms with van der Waals surface area (Å²) in [4.78, 5) is 11.0. The molecule has 0 spiro atoms. The number of rotatable bonds is 2. The first-order chi connectivity index (χ1) is 8.09. The maximum Gasteiger partial charge on any atom is 0.116 e. The zero-order chi connectivity index (χ0) is 13.3. The van der Waals surface area contributed by atoms with Gasteiger partial charge in [-0.3, -0.25) is 0 Å². The van der Waals surface area contributed by atoms with Gasteiger partial charge in [0.05, 0.1) is 5.60 Å².